The number of amides is 2. The van der Waals surface area contributed by atoms with E-state index in [9.17, 15) is 14.4 Å². The molecule has 0 radical (unpaired) electrons. The molecule has 0 saturated heterocycles. The Bertz CT molecular complexity index is 741. The maximum atomic E-state index is 12.1. The van der Waals surface area contributed by atoms with Gasteiger partial charge in [-0.05, 0) is 29.8 Å². The number of hydrogen-bond acceptors (Lipinski definition) is 4. The summed E-state index contributed by atoms with van der Waals surface area (Å²) in [4.78, 5) is 37.5. The Morgan fingerprint density at radius 3 is 2.30 bits per heavy atom. The van der Waals surface area contributed by atoms with Gasteiger partial charge in [0.15, 0.2) is 0 Å². The molecule has 0 aliphatic heterocycles. The third-order valence-electron chi connectivity index (χ3n) is 2.95. The molecule has 1 aromatic heterocycles. The van der Waals surface area contributed by atoms with E-state index in [1.165, 1.54) is 25.1 Å². The third kappa shape index (κ3) is 4.63. The first-order chi connectivity index (χ1) is 11.0. The molecule has 0 fully saturated rings. The van der Waals surface area contributed by atoms with Gasteiger partial charge in [0.2, 0.25) is 5.91 Å². The van der Waals surface area contributed by atoms with Crippen molar-refractivity contribution in [3.05, 3.63) is 59.4 Å². The highest BCUT2D eigenvalue weighted by atomic mass is 16.4. The standard InChI is InChI=1S/C16H15N3O4/c1-10(20)17-9-11-5-7-12(8-6-11)18-15(21)13-3-2-4-14(19-13)16(22)23/h2-8H,9H2,1H3,(H,17,20)(H,18,21)(H,22,23). The van der Waals surface area contributed by atoms with E-state index in [0.717, 1.165) is 5.56 Å². The molecule has 3 N–H and O–H groups in total. The van der Waals surface area contributed by atoms with Crippen molar-refractivity contribution >= 4 is 23.5 Å². The second-order valence-corrected chi connectivity index (χ2v) is 4.77. The number of carboxylic acids is 1. The fourth-order valence-corrected chi connectivity index (χ4v) is 1.81. The summed E-state index contributed by atoms with van der Waals surface area (Å²) in [6.07, 6.45) is 0. The predicted molar refractivity (Wildman–Crippen MR) is 83.1 cm³/mol. The van der Waals surface area contributed by atoms with Crippen LogP contribution in [-0.2, 0) is 11.3 Å². The number of aromatic nitrogens is 1. The highest BCUT2D eigenvalue weighted by molar-refractivity contribution is 6.03. The summed E-state index contributed by atoms with van der Waals surface area (Å²) in [5.41, 5.74) is 1.27. The summed E-state index contributed by atoms with van der Waals surface area (Å²) < 4.78 is 0. The Morgan fingerprint density at radius 2 is 1.70 bits per heavy atom. The number of nitrogens with zero attached hydrogens (tertiary/aromatic N) is 1. The molecule has 0 aliphatic rings. The van der Waals surface area contributed by atoms with Gasteiger partial charge in [0, 0.05) is 19.2 Å². The largest absolute Gasteiger partial charge is 0.477 e. The number of carboxylic acid groups (broad SMARTS) is 1. The SMILES string of the molecule is CC(=O)NCc1ccc(NC(=O)c2cccc(C(=O)O)n2)cc1. The number of anilines is 1. The summed E-state index contributed by atoms with van der Waals surface area (Å²) in [6.45, 7) is 1.85. The van der Waals surface area contributed by atoms with E-state index in [2.05, 4.69) is 15.6 Å². The normalized spacial score (nSPS) is 9.96. The molecule has 1 heterocycles. The molecular weight excluding hydrogens is 298 g/mol. The van der Waals surface area contributed by atoms with Crippen LogP contribution in [0.15, 0.2) is 42.5 Å². The highest BCUT2D eigenvalue weighted by Gasteiger charge is 2.11. The Morgan fingerprint density at radius 1 is 1.04 bits per heavy atom. The number of benzene rings is 1. The van der Waals surface area contributed by atoms with Crippen molar-refractivity contribution in [3.63, 3.8) is 0 Å². The molecule has 2 rings (SSSR count). The van der Waals surface area contributed by atoms with E-state index < -0.39 is 11.9 Å². The van der Waals surface area contributed by atoms with Crippen LogP contribution in [0.3, 0.4) is 0 Å². The lowest BCUT2D eigenvalue weighted by atomic mass is 10.2. The molecule has 1 aromatic carbocycles. The molecule has 118 valence electrons. The number of hydrogen-bond donors (Lipinski definition) is 3. The molecule has 0 saturated carbocycles. The first-order valence-electron chi connectivity index (χ1n) is 6.81. The number of nitrogens with one attached hydrogen (secondary N) is 2. The number of aromatic carboxylic acids is 1. The number of rotatable bonds is 5. The molecule has 0 aliphatic carbocycles. The van der Waals surface area contributed by atoms with E-state index in [-0.39, 0.29) is 17.3 Å². The number of carbonyl (C=O) groups is 3. The molecule has 23 heavy (non-hydrogen) atoms. The van der Waals surface area contributed by atoms with Gasteiger partial charge in [-0.2, -0.15) is 0 Å². The molecule has 2 amide bonds. The molecular formula is C16H15N3O4. The number of carbonyl (C=O) groups excluding carboxylic acids is 2. The zero-order chi connectivity index (χ0) is 16.8. The van der Waals surface area contributed by atoms with Crippen LogP contribution < -0.4 is 10.6 Å². The van der Waals surface area contributed by atoms with E-state index in [0.29, 0.717) is 12.2 Å². The topological polar surface area (TPSA) is 108 Å². The zero-order valence-corrected chi connectivity index (χ0v) is 12.4. The summed E-state index contributed by atoms with van der Waals surface area (Å²) in [5.74, 6) is -1.81. The lowest BCUT2D eigenvalue weighted by Gasteiger charge is -2.07. The van der Waals surface area contributed by atoms with Gasteiger partial charge in [0.25, 0.3) is 5.91 Å². The van der Waals surface area contributed by atoms with Gasteiger partial charge in [0.05, 0.1) is 0 Å². The Hall–Kier alpha value is -3.22. The second kappa shape index (κ2) is 7.17. The first kappa shape index (κ1) is 16.2. The van der Waals surface area contributed by atoms with Gasteiger partial charge >= 0.3 is 5.97 Å². The van der Waals surface area contributed by atoms with Crippen LogP contribution in [0.2, 0.25) is 0 Å². The lowest BCUT2D eigenvalue weighted by Crippen LogP contribution is -2.19. The second-order valence-electron chi connectivity index (χ2n) is 4.77. The average Bonchev–Trinajstić information content (AvgIpc) is 2.54. The van der Waals surface area contributed by atoms with E-state index in [1.54, 1.807) is 24.3 Å². The van der Waals surface area contributed by atoms with Crippen molar-refractivity contribution in [2.45, 2.75) is 13.5 Å². The van der Waals surface area contributed by atoms with Crippen LogP contribution in [0.4, 0.5) is 5.69 Å². The summed E-state index contributed by atoms with van der Waals surface area (Å²) in [6, 6.07) is 11.1. The van der Waals surface area contributed by atoms with Gasteiger partial charge in [-0.1, -0.05) is 18.2 Å². The van der Waals surface area contributed by atoms with Crippen molar-refractivity contribution in [3.8, 4) is 0 Å². The minimum Gasteiger partial charge on any atom is -0.477 e. The molecule has 7 heteroatoms. The van der Waals surface area contributed by atoms with Crippen LogP contribution in [0.1, 0.15) is 33.5 Å². The fraction of sp³-hybridized carbons (Fsp3) is 0.125. The third-order valence-corrected chi connectivity index (χ3v) is 2.95. The van der Waals surface area contributed by atoms with Crippen molar-refractivity contribution < 1.29 is 19.5 Å². The molecule has 2 aromatic rings. The van der Waals surface area contributed by atoms with Crippen molar-refractivity contribution in [1.29, 1.82) is 0 Å². The summed E-state index contributed by atoms with van der Waals surface area (Å²) in [5, 5.41) is 14.2. The van der Waals surface area contributed by atoms with E-state index >= 15 is 0 Å². The van der Waals surface area contributed by atoms with Crippen LogP contribution in [0, 0.1) is 0 Å². The molecule has 0 spiro atoms. The van der Waals surface area contributed by atoms with Crippen LogP contribution in [0.25, 0.3) is 0 Å². The highest BCUT2D eigenvalue weighted by Crippen LogP contribution is 2.11. The van der Waals surface area contributed by atoms with Crippen LogP contribution in [0.5, 0.6) is 0 Å². The zero-order valence-electron chi connectivity index (χ0n) is 12.4. The summed E-state index contributed by atoms with van der Waals surface area (Å²) >= 11 is 0. The molecule has 0 atom stereocenters. The Labute approximate surface area is 132 Å². The van der Waals surface area contributed by atoms with Gasteiger partial charge in [-0.25, -0.2) is 9.78 Å². The average molecular weight is 313 g/mol. The van der Waals surface area contributed by atoms with Gasteiger partial charge in [-0.3, -0.25) is 9.59 Å². The monoisotopic (exact) mass is 313 g/mol. The minimum atomic E-state index is -1.19. The van der Waals surface area contributed by atoms with Crippen molar-refractivity contribution in [2.24, 2.45) is 0 Å². The molecule has 7 nitrogen and oxygen atoms in total. The van der Waals surface area contributed by atoms with Gasteiger partial charge < -0.3 is 15.7 Å². The Balaban J connectivity index is 2.04. The van der Waals surface area contributed by atoms with Gasteiger partial charge in [-0.15, -0.1) is 0 Å². The Kier molecular flexibility index (Phi) is 5.03. The van der Waals surface area contributed by atoms with Crippen LogP contribution in [-0.4, -0.2) is 27.9 Å². The first-order valence-corrected chi connectivity index (χ1v) is 6.81. The molecule has 0 unspecified atom stereocenters. The maximum Gasteiger partial charge on any atom is 0.354 e. The van der Waals surface area contributed by atoms with E-state index in [4.69, 9.17) is 5.11 Å². The molecule has 0 bridgehead atoms. The number of pyridine rings is 1. The van der Waals surface area contributed by atoms with E-state index in [1.807, 2.05) is 0 Å². The smallest absolute Gasteiger partial charge is 0.354 e. The quantitative estimate of drug-likeness (QED) is 0.778. The van der Waals surface area contributed by atoms with Crippen LogP contribution >= 0.6 is 0 Å². The minimum absolute atomic E-state index is 0.0206. The van der Waals surface area contributed by atoms with Crippen molar-refractivity contribution in [1.82, 2.24) is 10.3 Å². The lowest BCUT2D eigenvalue weighted by molar-refractivity contribution is -0.119. The summed E-state index contributed by atoms with van der Waals surface area (Å²) in [7, 11) is 0. The fourth-order valence-electron chi connectivity index (χ4n) is 1.81. The predicted octanol–water partition coefficient (Wildman–Crippen LogP) is 1.67. The maximum absolute atomic E-state index is 12.1. The van der Waals surface area contributed by atoms with Crippen molar-refractivity contribution in [2.75, 3.05) is 5.32 Å². The van der Waals surface area contributed by atoms with Gasteiger partial charge in [0.1, 0.15) is 11.4 Å².